The number of carbonyl (C=O) groups is 2. The third-order valence-corrected chi connectivity index (χ3v) is 4.49. The number of hydrogen-bond acceptors (Lipinski definition) is 5. The summed E-state index contributed by atoms with van der Waals surface area (Å²) >= 11 is 0. The van der Waals surface area contributed by atoms with E-state index in [1.54, 1.807) is 31.2 Å². The van der Waals surface area contributed by atoms with Gasteiger partial charge in [0.25, 0.3) is 5.91 Å². The predicted octanol–water partition coefficient (Wildman–Crippen LogP) is 3.11. The van der Waals surface area contributed by atoms with Crippen molar-refractivity contribution in [3.63, 3.8) is 0 Å². The van der Waals surface area contributed by atoms with Crippen LogP contribution in [0.1, 0.15) is 41.8 Å². The minimum atomic E-state index is -0.285. The number of hydrogen-bond donors (Lipinski definition) is 3. The van der Waals surface area contributed by atoms with Crippen molar-refractivity contribution in [2.75, 3.05) is 10.6 Å². The zero-order valence-corrected chi connectivity index (χ0v) is 15.3. The van der Waals surface area contributed by atoms with Crippen molar-refractivity contribution < 1.29 is 14.1 Å². The van der Waals surface area contributed by atoms with Gasteiger partial charge in [0.2, 0.25) is 5.91 Å². The van der Waals surface area contributed by atoms with E-state index in [0.29, 0.717) is 22.7 Å². The summed E-state index contributed by atoms with van der Waals surface area (Å²) in [5.74, 6) is 0.158. The number of aryl methyl sites for hydroxylation is 1. The zero-order valence-electron chi connectivity index (χ0n) is 14.5. The molecule has 1 aromatic heterocycles. The molecule has 1 aromatic carbocycles. The summed E-state index contributed by atoms with van der Waals surface area (Å²) in [6, 6.07) is 7.11. The summed E-state index contributed by atoms with van der Waals surface area (Å²) in [6.45, 7) is 1.68. The Balaban J connectivity index is 0.00000243. The van der Waals surface area contributed by atoms with E-state index in [1.165, 1.54) is 6.20 Å². The van der Waals surface area contributed by atoms with Gasteiger partial charge in [-0.3, -0.25) is 9.59 Å². The second kappa shape index (κ2) is 8.82. The lowest BCUT2D eigenvalue weighted by atomic mass is 9.85. The standard InChI is InChI=1S/C18H22N4O3.ClH/c1-11-16(10-20-25-11)18(24)22-15-7-5-14(6-8-15)21-17(23)12-3-2-4-13(19)9-12;/h5-8,10,12-13H,2-4,9,19H2,1H3,(H,21,23)(H,22,24);1H. The first-order chi connectivity index (χ1) is 12.0. The van der Waals surface area contributed by atoms with E-state index in [1.807, 2.05) is 0 Å². The molecule has 0 spiro atoms. The SMILES string of the molecule is Cc1oncc1C(=O)Nc1ccc(NC(=O)C2CCCC(N)C2)cc1.Cl. The van der Waals surface area contributed by atoms with Gasteiger partial charge in [-0.15, -0.1) is 12.4 Å². The molecule has 2 unspecified atom stereocenters. The fourth-order valence-corrected chi connectivity index (χ4v) is 3.06. The Morgan fingerprint density at radius 1 is 1.15 bits per heavy atom. The molecule has 2 atom stereocenters. The number of nitrogens with one attached hydrogen (secondary N) is 2. The van der Waals surface area contributed by atoms with E-state index in [-0.39, 0.29) is 36.2 Å². The lowest BCUT2D eigenvalue weighted by Crippen LogP contribution is -2.34. The average molecular weight is 379 g/mol. The van der Waals surface area contributed by atoms with E-state index < -0.39 is 0 Å². The fraction of sp³-hybridized carbons (Fsp3) is 0.389. The quantitative estimate of drug-likeness (QED) is 0.757. The monoisotopic (exact) mass is 378 g/mol. The molecule has 8 heteroatoms. The predicted molar refractivity (Wildman–Crippen MR) is 101 cm³/mol. The van der Waals surface area contributed by atoms with Crippen LogP contribution >= 0.6 is 12.4 Å². The molecular formula is C18H23ClN4O3. The first-order valence-electron chi connectivity index (χ1n) is 8.42. The van der Waals surface area contributed by atoms with Crippen LogP contribution in [-0.2, 0) is 4.79 Å². The van der Waals surface area contributed by atoms with Crippen molar-refractivity contribution in [1.29, 1.82) is 0 Å². The van der Waals surface area contributed by atoms with E-state index in [9.17, 15) is 9.59 Å². The molecule has 1 heterocycles. The Labute approximate surface area is 158 Å². The van der Waals surface area contributed by atoms with Gasteiger partial charge in [-0.05, 0) is 50.5 Å². The fourth-order valence-electron chi connectivity index (χ4n) is 3.06. The van der Waals surface area contributed by atoms with Crippen LogP contribution in [-0.4, -0.2) is 23.0 Å². The first kappa shape index (κ1) is 19.9. The topological polar surface area (TPSA) is 110 Å². The first-order valence-corrected chi connectivity index (χ1v) is 8.42. The molecule has 0 radical (unpaired) electrons. The molecule has 2 aromatic rings. The molecule has 0 bridgehead atoms. The minimum Gasteiger partial charge on any atom is -0.361 e. The van der Waals surface area contributed by atoms with Gasteiger partial charge in [0, 0.05) is 23.3 Å². The maximum Gasteiger partial charge on any atom is 0.260 e. The van der Waals surface area contributed by atoms with E-state index in [2.05, 4.69) is 15.8 Å². The number of benzene rings is 1. The second-order valence-corrected chi connectivity index (χ2v) is 6.44. The molecule has 140 valence electrons. The molecule has 1 aliphatic carbocycles. The smallest absolute Gasteiger partial charge is 0.260 e. The zero-order chi connectivity index (χ0) is 17.8. The Kier molecular flexibility index (Phi) is 6.76. The third-order valence-electron chi connectivity index (χ3n) is 4.49. The van der Waals surface area contributed by atoms with Crippen molar-refractivity contribution in [2.24, 2.45) is 11.7 Å². The van der Waals surface area contributed by atoms with Gasteiger partial charge in [-0.1, -0.05) is 11.6 Å². The summed E-state index contributed by atoms with van der Waals surface area (Å²) in [6.07, 6.45) is 4.98. The Morgan fingerprint density at radius 3 is 2.38 bits per heavy atom. The van der Waals surface area contributed by atoms with Crippen LogP contribution in [0.4, 0.5) is 11.4 Å². The molecule has 2 amide bonds. The number of nitrogens with zero attached hydrogens (tertiary/aromatic N) is 1. The Morgan fingerprint density at radius 2 is 1.81 bits per heavy atom. The molecule has 1 aliphatic rings. The highest BCUT2D eigenvalue weighted by molar-refractivity contribution is 6.04. The molecular weight excluding hydrogens is 356 g/mol. The van der Waals surface area contributed by atoms with E-state index >= 15 is 0 Å². The van der Waals surface area contributed by atoms with Gasteiger partial charge in [-0.2, -0.15) is 0 Å². The highest BCUT2D eigenvalue weighted by Gasteiger charge is 2.25. The highest BCUT2D eigenvalue weighted by atomic mass is 35.5. The van der Waals surface area contributed by atoms with Gasteiger partial charge < -0.3 is 20.9 Å². The molecule has 0 aliphatic heterocycles. The lowest BCUT2D eigenvalue weighted by molar-refractivity contribution is -0.120. The van der Waals surface area contributed by atoms with Gasteiger partial charge in [0.05, 0.1) is 6.20 Å². The number of aromatic nitrogens is 1. The lowest BCUT2D eigenvalue weighted by Gasteiger charge is -2.25. The molecule has 1 saturated carbocycles. The third kappa shape index (κ3) is 4.83. The molecule has 1 fully saturated rings. The van der Waals surface area contributed by atoms with Crippen molar-refractivity contribution in [2.45, 2.75) is 38.6 Å². The van der Waals surface area contributed by atoms with Crippen LogP contribution in [0.5, 0.6) is 0 Å². The number of nitrogens with two attached hydrogens (primary N) is 1. The summed E-state index contributed by atoms with van der Waals surface area (Å²) in [5, 5.41) is 9.27. The summed E-state index contributed by atoms with van der Waals surface area (Å²) in [5.41, 5.74) is 7.66. The molecule has 4 N–H and O–H groups in total. The van der Waals surface area contributed by atoms with E-state index in [4.69, 9.17) is 10.3 Å². The van der Waals surface area contributed by atoms with Gasteiger partial charge in [0.15, 0.2) is 0 Å². The van der Waals surface area contributed by atoms with Crippen LogP contribution in [0.2, 0.25) is 0 Å². The van der Waals surface area contributed by atoms with E-state index in [0.717, 1.165) is 25.7 Å². The van der Waals surface area contributed by atoms with Gasteiger partial charge in [0.1, 0.15) is 11.3 Å². The number of anilines is 2. The van der Waals surface area contributed by atoms with Crippen LogP contribution < -0.4 is 16.4 Å². The van der Waals surface area contributed by atoms with Crippen LogP contribution in [0.25, 0.3) is 0 Å². The van der Waals surface area contributed by atoms with Crippen molar-refractivity contribution in [3.05, 3.63) is 41.8 Å². The van der Waals surface area contributed by atoms with Crippen molar-refractivity contribution >= 4 is 35.6 Å². The molecule has 26 heavy (non-hydrogen) atoms. The number of carbonyl (C=O) groups excluding carboxylic acids is 2. The normalized spacial score (nSPS) is 19.3. The van der Waals surface area contributed by atoms with Gasteiger partial charge in [-0.25, -0.2) is 0 Å². The minimum absolute atomic E-state index is 0. The number of amides is 2. The van der Waals surface area contributed by atoms with Crippen LogP contribution in [0.15, 0.2) is 35.0 Å². The number of rotatable bonds is 4. The largest absolute Gasteiger partial charge is 0.361 e. The van der Waals surface area contributed by atoms with Crippen molar-refractivity contribution in [1.82, 2.24) is 5.16 Å². The summed E-state index contributed by atoms with van der Waals surface area (Å²) in [7, 11) is 0. The Bertz CT molecular complexity index is 760. The maximum atomic E-state index is 12.3. The average Bonchev–Trinajstić information content (AvgIpc) is 3.03. The van der Waals surface area contributed by atoms with Crippen LogP contribution in [0, 0.1) is 12.8 Å². The summed E-state index contributed by atoms with van der Waals surface area (Å²) in [4.78, 5) is 24.4. The maximum absolute atomic E-state index is 12.3. The second-order valence-electron chi connectivity index (χ2n) is 6.44. The number of halogens is 1. The van der Waals surface area contributed by atoms with Crippen molar-refractivity contribution in [3.8, 4) is 0 Å². The summed E-state index contributed by atoms with van der Waals surface area (Å²) < 4.78 is 4.88. The Hall–Kier alpha value is -2.38. The van der Waals surface area contributed by atoms with Crippen LogP contribution in [0.3, 0.4) is 0 Å². The molecule has 7 nitrogen and oxygen atoms in total. The van der Waals surface area contributed by atoms with Gasteiger partial charge >= 0.3 is 0 Å². The molecule has 3 rings (SSSR count). The highest BCUT2D eigenvalue weighted by Crippen LogP contribution is 2.25. The molecule has 0 saturated heterocycles.